The van der Waals surface area contributed by atoms with Crippen LogP contribution in [0.3, 0.4) is 0 Å². The van der Waals surface area contributed by atoms with Crippen LogP contribution < -0.4 is 5.32 Å². The van der Waals surface area contributed by atoms with Crippen molar-refractivity contribution in [3.8, 4) is 11.3 Å². The zero-order valence-corrected chi connectivity index (χ0v) is 14.1. The summed E-state index contributed by atoms with van der Waals surface area (Å²) < 4.78 is 6.61. The maximum atomic E-state index is 4.78. The van der Waals surface area contributed by atoms with E-state index in [9.17, 15) is 0 Å². The first kappa shape index (κ1) is 14.5. The lowest BCUT2D eigenvalue weighted by Crippen LogP contribution is -2.08. The molecule has 0 aliphatic carbocycles. The summed E-state index contributed by atoms with van der Waals surface area (Å²) >= 11 is 1.51. The Morgan fingerprint density at radius 3 is 2.83 bits per heavy atom. The van der Waals surface area contributed by atoms with Crippen LogP contribution in [0, 0.1) is 6.92 Å². The van der Waals surface area contributed by atoms with Gasteiger partial charge in [-0.25, -0.2) is 4.98 Å². The summed E-state index contributed by atoms with van der Waals surface area (Å²) in [6.07, 6.45) is 5.82. The number of imidazole rings is 1. The first-order valence-electron chi connectivity index (χ1n) is 8.10. The van der Waals surface area contributed by atoms with Crippen molar-refractivity contribution in [3.63, 3.8) is 0 Å². The van der Waals surface area contributed by atoms with Gasteiger partial charge in [-0.1, -0.05) is 12.1 Å². The first-order valence-corrected chi connectivity index (χ1v) is 8.93. The summed E-state index contributed by atoms with van der Waals surface area (Å²) in [5, 5.41) is 5.56. The maximum absolute atomic E-state index is 4.78. The van der Waals surface area contributed by atoms with Gasteiger partial charge in [-0.2, -0.15) is 4.37 Å². The number of hydrogen-bond acceptors (Lipinski definition) is 4. The Morgan fingerprint density at radius 2 is 2.09 bits per heavy atom. The zero-order chi connectivity index (χ0) is 15.6. The van der Waals surface area contributed by atoms with Gasteiger partial charge in [0.1, 0.15) is 5.82 Å². The van der Waals surface area contributed by atoms with Crippen LogP contribution in [0.4, 0.5) is 5.69 Å². The summed E-state index contributed by atoms with van der Waals surface area (Å²) in [5.41, 5.74) is 5.78. The third-order valence-corrected chi connectivity index (χ3v) is 5.19. The Balaban J connectivity index is 1.47. The molecule has 0 bridgehead atoms. The van der Waals surface area contributed by atoms with Gasteiger partial charge in [0.2, 0.25) is 0 Å². The average Bonchev–Trinajstić information content (AvgIpc) is 3.19. The van der Waals surface area contributed by atoms with Gasteiger partial charge in [0, 0.05) is 47.9 Å². The SMILES string of the molecule is Cc1nscc1CNc1ccc(-c2cn3c(n2)CCCC3)cc1. The van der Waals surface area contributed by atoms with Crippen molar-refractivity contribution in [2.45, 2.75) is 39.3 Å². The summed E-state index contributed by atoms with van der Waals surface area (Å²) in [4.78, 5) is 4.78. The van der Waals surface area contributed by atoms with Crippen molar-refractivity contribution in [3.05, 3.63) is 52.9 Å². The van der Waals surface area contributed by atoms with E-state index in [1.807, 2.05) is 0 Å². The molecule has 118 valence electrons. The van der Waals surface area contributed by atoms with Crippen LogP contribution in [0.2, 0.25) is 0 Å². The number of anilines is 1. The van der Waals surface area contributed by atoms with E-state index >= 15 is 0 Å². The molecule has 1 aliphatic rings. The van der Waals surface area contributed by atoms with Crippen molar-refractivity contribution in [1.29, 1.82) is 0 Å². The van der Waals surface area contributed by atoms with Crippen molar-refractivity contribution in [2.75, 3.05) is 5.32 Å². The van der Waals surface area contributed by atoms with Gasteiger partial charge in [0.05, 0.1) is 11.4 Å². The number of fused-ring (bicyclic) bond motifs is 1. The summed E-state index contributed by atoms with van der Waals surface area (Å²) in [6.45, 7) is 3.98. The van der Waals surface area contributed by atoms with E-state index in [2.05, 4.69) is 57.0 Å². The number of nitrogens with one attached hydrogen (secondary N) is 1. The second-order valence-corrected chi connectivity index (χ2v) is 6.68. The molecule has 1 aliphatic heterocycles. The highest BCUT2D eigenvalue weighted by Gasteiger charge is 2.13. The highest BCUT2D eigenvalue weighted by atomic mass is 32.1. The molecule has 3 heterocycles. The molecule has 4 rings (SSSR count). The van der Waals surface area contributed by atoms with Crippen LogP contribution in [-0.2, 0) is 19.5 Å². The molecule has 0 radical (unpaired) electrons. The molecule has 0 fully saturated rings. The van der Waals surface area contributed by atoms with Crippen LogP contribution >= 0.6 is 11.5 Å². The normalized spacial score (nSPS) is 13.8. The topological polar surface area (TPSA) is 42.7 Å². The molecule has 0 atom stereocenters. The van der Waals surface area contributed by atoms with Gasteiger partial charge in [-0.05, 0) is 43.4 Å². The van der Waals surface area contributed by atoms with Gasteiger partial charge >= 0.3 is 0 Å². The van der Waals surface area contributed by atoms with Crippen molar-refractivity contribution >= 4 is 17.2 Å². The molecular weight excluding hydrogens is 304 g/mol. The molecular formula is C18H20N4S. The molecule has 2 aromatic heterocycles. The lowest BCUT2D eigenvalue weighted by molar-refractivity contribution is 0.522. The van der Waals surface area contributed by atoms with Gasteiger partial charge < -0.3 is 9.88 Å². The van der Waals surface area contributed by atoms with Gasteiger partial charge in [-0.3, -0.25) is 0 Å². The fourth-order valence-corrected chi connectivity index (χ4v) is 3.70. The number of benzene rings is 1. The molecule has 0 amide bonds. The molecule has 5 heteroatoms. The Hall–Kier alpha value is -2.14. The van der Waals surface area contributed by atoms with Crippen LogP contribution in [0.15, 0.2) is 35.8 Å². The highest BCUT2D eigenvalue weighted by Crippen LogP contribution is 2.24. The maximum Gasteiger partial charge on any atom is 0.109 e. The Bertz CT molecular complexity index is 777. The molecule has 1 N–H and O–H groups in total. The molecule has 0 unspecified atom stereocenters. The van der Waals surface area contributed by atoms with Crippen LogP contribution in [0.25, 0.3) is 11.3 Å². The zero-order valence-electron chi connectivity index (χ0n) is 13.2. The monoisotopic (exact) mass is 324 g/mol. The molecule has 0 saturated heterocycles. The third kappa shape index (κ3) is 3.01. The second kappa shape index (κ2) is 6.16. The van der Waals surface area contributed by atoms with E-state index in [4.69, 9.17) is 4.98 Å². The number of aromatic nitrogens is 3. The summed E-state index contributed by atoms with van der Waals surface area (Å²) in [7, 11) is 0. The van der Waals surface area contributed by atoms with Crippen LogP contribution in [0.1, 0.15) is 29.9 Å². The minimum absolute atomic E-state index is 0.820. The molecule has 0 spiro atoms. The highest BCUT2D eigenvalue weighted by molar-refractivity contribution is 7.03. The molecule has 23 heavy (non-hydrogen) atoms. The van der Waals surface area contributed by atoms with Crippen molar-refractivity contribution < 1.29 is 0 Å². The fraction of sp³-hybridized carbons (Fsp3) is 0.333. The number of nitrogens with zero attached hydrogens (tertiary/aromatic N) is 3. The summed E-state index contributed by atoms with van der Waals surface area (Å²) in [6, 6.07) is 8.55. The largest absolute Gasteiger partial charge is 0.381 e. The number of rotatable bonds is 4. The van der Waals surface area contributed by atoms with Crippen LogP contribution in [-0.4, -0.2) is 13.9 Å². The van der Waals surface area contributed by atoms with E-state index in [0.29, 0.717) is 0 Å². The lowest BCUT2D eigenvalue weighted by Gasteiger charge is -2.11. The van der Waals surface area contributed by atoms with Gasteiger partial charge in [0.25, 0.3) is 0 Å². The smallest absolute Gasteiger partial charge is 0.109 e. The molecule has 0 saturated carbocycles. The fourth-order valence-electron chi connectivity index (χ4n) is 2.99. The number of hydrogen-bond donors (Lipinski definition) is 1. The Kier molecular flexibility index (Phi) is 3.87. The van der Waals surface area contributed by atoms with E-state index in [1.54, 1.807) is 0 Å². The van der Waals surface area contributed by atoms with Gasteiger partial charge in [-0.15, -0.1) is 0 Å². The van der Waals surface area contributed by atoms with E-state index in [0.717, 1.165) is 36.6 Å². The average molecular weight is 324 g/mol. The minimum atomic E-state index is 0.820. The van der Waals surface area contributed by atoms with E-state index in [-0.39, 0.29) is 0 Å². The van der Waals surface area contributed by atoms with Gasteiger partial charge in [0.15, 0.2) is 0 Å². The Labute approximate surface area is 140 Å². The predicted octanol–water partition coefficient (Wildman–Crippen LogP) is 4.26. The van der Waals surface area contributed by atoms with Crippen LogP contribution in [0.5, 0.6) is 0 Å². The molecule has 4 nitrogen and oxygen atoms in total. The Morgan fingerprint density at radius 1 is 1.22 bits per heavy atom. The van der Waals surface area contributed by atoms with E-state index < -0.39 is 0 Å². The predicted molar refractivity (Wildman–Crippen MR) is 94.8 cm³/mol. The standard InChI is InChI=1S/C18H20N4S/c1-13-15(12-23-21-13)10-19-16-7-5-14(6-8-16)17-11-22-9-3-2-4-18(22)20-17/h5-8,11-12,19H,2-4,9-10H2,1H3. The lowest BCUT2D eigenvalue weighted by atomic mass is 10.1. The second-order valence-electron chi connectivity index (χ2n) is 6.05. The third-order valence-electron chi connectivity index (χ3n) is 4.42. The van der Waals surface area contributed by atoms with Crippen molar-refractivity contribution in [1.82, 2.24) is 13.9 Å². The van der Waals surface area contributed by atoms with E-state index in [1.165, 1.54) is 41.3 Å². The number of aryl methyl sites for hydroxylation is 3. The molecule has 3 aromatic rings. The molecule has 1 aromatic carbocycles. The van der Waals surface area contributed by atoms with Crippen molar-refractivity contribution in [2.24, 2.45) is 0 Å². The first-order chi connectivity index (χ1) is 11.3. The summed E-state index contributed by atoms with van der Waals surface area (Å²) in [5.74, 6) is 1.23. The quantitative estimate of drug-likeness (QED) is 0.779. The minimum Gasteiger partial charge on any atom is -0.381 e.